The van der Waals surface area contributed by atoms with Crippen molar-refractivity contribution in [1.29, 1.82) is 0 Å². The van der Waals surface area contributed by atoms with Gasteiger partial charge in [-0.25, -0.2) is 4.79 Å². The van der Waals surface area contributed by atoms with Crippen molar-refractivity contribution in [2.45, 2.75) is 71.4 Å². The summed E-state index contributed by atoms with van der Waals surface area (Å²) in [6.45, 7) is 3.95. The molecule has 6 rings (SSSR count). The highest BCUT2D eigenvalue weighted by atomic mass is 16.7. The van der Waals surface area contributed by atoms with E-state index >= 15 is 0 Å². The molecule has 1 heterocycles. The van der Waals surface area contributed by atoms with Crippen LogP contribution in [0.2, 0.25) is 0 Å². The van der Waals surface area contributed by atoms with Gasteiger partial charge in [0.2, 0.25) is 0 Å². The van der Waals surface area contributed by atoms with Gasteiger partial charge < -0.3 is 19.5 Å². The third-order valence-electron chi connectivity index (χ3n) is 11.1. The highest BCUT2D eigenvalue weighted by Gasteiger charge is 2.57. The van der Waals surface area contributed by atoms with E-state index in [1.807, 2.05) is 48.8 Å². The summed E-state index contributed by atoms with van der Waals surface area (Å²) in [5.74, 6) is 0.146. The lowest BCUT2D eigenvalue weighted by Crippen LogP contribution is -2.50. The summed E-state index contributed by atoms with van der Waals surface area (Å²) >= 11 is 0. The lowest BCUT2D eigenvalue weighted by atomic mass is 9.47. The predicted octanol–water partition coefficient (Wildman–Crippen LogP) is 6.67. The number of ether oxygens (including phenoxy) is 2. The Morgan fingerprint density at radius 2 is 1.77 bits per heavy atom. The van der Waals surface area contributed by atoms with Gasteiger partial charge in [0.25, 0.3) is 5.91 Å². The second-order valence-corrected chi connectivity index (χ2v) is 13.5. The lowest BCUT2D eigenvalue weighted by molar-refractivity contribution is -0.146. The molecule has 0 spiro atoms. The maximum absolute atomic E-state index is 12.8. The molecule has 4 aliphatic rings. The Bertz CT molecular complexity index is 1460. The van der Waals surface area contributed by atoms with Crippen molar-refractivity contribution >= 4 is 23.6 Å². The average Bonchev–Trinajstić information content (AvgIpc) is 3.37. The van der Waals surface area contributed by atoms with Gasteiger partial charge in [-0.15, -0.1) is 0 Å². The van der Waals surface area contributed by atoms with Crippen LogP contribution >= 0.6 is 0 Å². The van der Waals surface area contributed by atoms with E-state index in [4.69, 9.17) is 9.47 Å². The third kappa shape index (κ3) is 5.78. The summed E-state index contributed by atoms with van der Waals surface area (Å²) in [6, 6.07) is 13.3. The van der Waals surface area contributed by atoms with Crippen LogP contribution in [-0.2, 0) is 25.6 Å². The standard InChI is InChI=1S/C36H42N2O6/c1-35-16-14-27(44-34(42)43-23-32(39)38(22-33(40)41)21-24-7-4-3-5-8-24)19-26(35)10-11-28-30-13-12-29(25-9-6-18-37-20-25)36(30,2)17-15-31(28)35/h3-10,12,18,20,27-28,30-31H,11,13-17,19,21-23H2,1-2H3,(H,40,41)/t27-,28-,30-,31-,35-,36+/m0/s1. The van der Waals surface area contributed by atoms with E-state index in [1.165, 1.54) is 29.6 Å². The largest absolute Gasteiger partial charge is 0.509 e. The number of amides is 1. The topological polar surface area (TPSA) is 106 Å². The molecule has 1 amide bonds. The molecule has 4 aliphatic carbocycles. The predicted molar refractivity (Wildman–Crippen MR) is 165 cm³/mol. The number of hydrogen-bond acceptors (Lipinski definition) is 6. The molecule has 2 fully saturated rings. The van der Waals surface area contributed by atoms with Gasteiger partial charge in [-0.3, -0.25) is 14.6 Å². The summed E-state index contributed by atoms with van der Waals surface area (Å²) < 4.78 is 10.9. The Balaban J connectivity index is 1.05. The molecule has 2 saturated carbocycles. The van der Waals surface area contributed by atoms with Crippen LogP contribution in [-0.4, -0.2) is 52.3 Å². The van der Waals surface area contributed by atoms with Gasteiger partial charge in [0, 0.05) is 25.4 Å². The molecule has 44 heavy (non-hydrogen) atoms. The number of benzene rings is 1. The minimum Gasteiger partial charge on any atom is -0.480 e. The van der Waals surface area contributed by atoms with Crippen molar-refractivity contribution in [1.82, 2.24) is 9.88 Å². The summed E-state index contributed by atoms with van der Waals surface area (Å²) in [5, 5.41) is 9.27. The van der Waals surface area contributed by atoms with E-state index in [1.54, 1.807) is 0 Å². The van der Waals surface area contributed by atoms with Crippen LogP contribution in [0.4, 0.5) is 4.79 Å². The number of aromatic nitrogens is 1. The Labute approximate surface area is 259 Å². The zero-order chi connectivity index (χ0) is 30.9. The molecule has 1 N–H and O–H groups in total. The summed E-state index contributed by atoms with van der Waals surface area (Å²) in [5.41, 5.74) is 5.17. The van der Waals surface area contributed by atoms with Gasteiger partial charge in [-0.05, 0) is 89.9 Å². The van der Waals surface area contributed by atoms with Crippen molar-refractivity contribution in [3.63, 3.8) is 0 Å². The fourth-order valence-electron chi connectivity index (χ4n) is 8.85. The molecule has 0 radical (unpaired) electrons. The molecule has 0 unspecified atom stereocenters. The van der Waals surface area contributed by atoms with E-state index in [0.717, 1.165) is 36.1 Å². The maximum Gasteiger partial charge on any atom is 0.509 e. The number of hydrogen-bond donors (Lipinski definition) is 1. The molecule has 2 aromatic rings. The number of nitrogens with zero attached hydrogens (tertiary/aromatic N) is 2. The number of rotatable bonds is 8. The fourth-order valence-corrected chi connectivity index (χ4v) is 8.85. The lowest BCUT2D eigenvalue weighted by Gasteiger charge is -2.57. The zero-order valence-corrected chi connectivity index (χ0v) is 25.6. The first-order valence-corrected chi connectivity index (χ1v) is 15.8. The highest BCUT2D eigenvalue weighted by molar-refractivity contribution is 5.83. The second-order valence-electron chi connectivity index (χ2n) is 13.5. The van der Waals surface area contributed by atoms with Crippen LogP contribution in [0.5, 0.6) is 0 Å². The zero-order valence-electron chi connectivity index (χ0n) is 25.6. The molecule has 0 aliphatic heterocycles. The van der Waals surface area contributed by atoms with E-state index in [2.05, 4.69) is 37.0 Å². The van der Waals surface area contributed by atoms with Crippen LogP contribution in [0, 0.1) is 28.6 Å². The van der Waals surface area contributed by atoms with Crippen LogP contribution in [0.15, 0.2) is 72.6 Å². The molecule has 0 bridgehead atoms. The van der Waals surface area contributed by atoms with Gasteiger partial charge in [0.15, 0.2) is 6.61 Å². The van der Waals surface area contributed by atoms with Crippen LogP contribution in [0.3, 0.4) is 0 Å². The highest BCUT2D eigenvalue weighted by Crippen LogP contribution is 2.66. The number of carbonyl (C=O) groups is 3. The second kappa shape index (κ2) is 12.2. The molecule has 1 aromatic heterocycles. The van der Waals surface area contributed by atoms with Gasteiger partial charge >= 0.3 is 12.1 Å². The van der Waals surface area contributed by atoms with Crippen LogP contribution in [0.25, 0.3) is 5.57 Å². The number of pyridine rings is 1. The molecule has 8 nitrogen and oxygen atoms in total. The molecular weight excluding hydrogens is 556 g/mol. The monoisotopic (exact) mass is 598 g/mol. The number of aliphatic carboxylic acids is 1. The molecule has 232 valence electrons. The minimum absolute atomic E-state index is 0.0931. The average molecular weight is 599 g/mol. The van der Waals surface area contributed by atoms with Crippen molar-refractivity contribution in [3.05, 3.63) is 83.7 Å². The SMILES string of the molecule is C[C@]12CC[C@H](OC(=O)OCC(=O)N(CC(=O)O)Cc3ccccc3)CC1=CC[C@@H]1[C@@H]2CC[C@]2(C)C(c3cccnc3)=CC[C@@H]12. The Morgan fingerprint density at radius 3 is 2.52 bits per heavy atom. The van der Waals surface area contributed by atoms with Crippen molar-refractivity contribution < 1.29 is 29.0 Å². The van der Waals surface area contributed by atoms with Gasteiger partial charge in [0.05, 0.1) is 0 Å². The normalized spacial score (nSPS) is 30.5. The summed E-state index contributed by atoms with van der Waals surface area (Å²) in [6.07, 6.45) is 14.5. The Hall–Kier alpha value is -3.94. The van der Waals surface area contributed by atoms with E-state index in [9.17, 15) is 19.5 Å². The van der Waals surface area contributed by atoms with Gasteiger partial charge in [-0.1, -0.05) is 68.0 Å². The van der Waals surface area contributed by atoms with Crippen LogP contribution in [0.1, 0.15) is 69.9 Å². The van der Waals surface area contributed by atoms with Crippen molar-refractivity contribution in [2.75, 3.05) is 13.2 Å². The molecule has 8 heteroatoms. The van der Waals surface area contributed by atoms with E-state index in [0.29, 0.717) is 24.2 Å². The summed E-state index contributed by atoms with van der Waals surface area (Å²) in [7, 11) is 0. The van der Waals surface area contributed by atoms with Crippen molar-refractivity contribution in [3.8, 4) is 0 Å². The number of fused-ring (bicyclic) bond motifs is 5. The number of carboxylic acid groups (broad SMARTS) is 1. The molecule has 0 saturated heterocycles. The van der Waals surface area contributed by atoms with Gasteiger partial charge in [-0.2, -0.15) is 0 Å². The molecule has 1 aromatic carbocycles. The van der Waals surface area contributed by atoms with E-state index < -0.39 is 31.2 Å². The third-order valence-corrected chi connectivity index (χ3v) is 11.1. The molecule has 6 atom stereocenters. The Kier molecular flexibility index (Phi) is 8.36. The fraction of sp³-hybridized carbons (Fsp3) is 0.500. The first-order valence-electron chi connectivity index (χ1n) is 15.8. The smallest absolute Gasteiger partial charge is 0.480 e. The number of carbonyl (C=O) groups excluding carboxylic acids is 2. The minimum atomic E-state index is -1.13. The number of carboxylic acids is 1. The van der Waals surface area contributed by atoms with E-state index in [-0.39, 0.29) is 23.5 Å². The Morgan fingerprint density at radius 1 is 0.977 bits per heavy atom. The summed E-state index contributed by atoms with van der Waals surface area (Å²) in [4.78, 5) is 42.3. The first kappa shape index (κ1) is 30.1. The van der Waals surface area contributed by atoms with Crippen molar-refractivity contribution in [2.24, 2.45) is 28.6 Å². The maximum atomic E-state index is 12.8. The number of allylic oxidation sites excluding steroid dienone is 3. The first-order chi connectivity index (χ1) is 21.2. The molecular formula is C36H42N2O6. The quantitative estimate of drug-likeness (QED) is 0.267. The van der Waals surface area contributed by atoms with Crippen LogP contribution < -0.4 is 0 Å². The van der Waals surface area contributed by atoms with Gasteiger partial charge in [0.1, 0.15) is 12.6 Å².